The zero-order chi connectivity index (χ0) is 44.1. The third-order valence-electron chi connectivity index (χ3n) is 9.06. The number of hydrogen-bond donors (Lipinski definition) is 4. The molecule has 322 valence electrons. The molecule has 0 unspecified atom stereocenters. The summed E-state index contributed by atoms with van der Waals surface area (Å²) in [4.78, 5) is 42.1. The Morgan fingerprint density at radius 2 is 1.67 bits per heavy atom. The summed E-state index contributed by atoms with van der Waals surface area (Å²) in [6.45, 7) is 3.41. The van der Waals surface area contributed by atoms with Crippen molar-refractivity contribution in [3.8, 4) is 11.5 Å². The number of rotatable bonds is 19. The van der Waals surface area contributed by atoms with Crippen LogP contribution in [0.4, 0.5) is 30.5 Å². The molecule has 0 spiro atoms. The number of carbonyl (C=O) groups is 2. The molecule has 61 heavy (non-hydrogen) atoms. The molecule has 5 rings (SSSR count). The van der Waals surface area contributed by atoms with Crippen molar-refractivity contribution in [2.24, 2.45) is 9.98 Å². The van der Waals surface area contributed by atoms with Crippen LogP contribution in [-0.4, -0.2) is 81.8 Å². The molecule has 3 heterocycles. The summed E-state index contributed by atoms with van der Waals surface area (Å²) in [6.07, 6.45) is 12.7. The molecule has 2 aromatic carbocycles. The van der Waals surface area contributed by atoms with Crippen molar-refractivity contribution in [1.29, 1.82) is 0 Å². The highest BCUT2D eigenvalue weighted by Crippen LogP contribution is 2.34. The lowest BCUT2D eigenvalue weighted by Gasteiger charge is -2.13. The Balaban J connectivity index is 1.09. The summed E-state index contributed by atoms with van der Waals surface area (Å²) in [5.74, 6) is -0.619. The quantitative estimate of drug-likeness (QED) is 0.0369. The summed E-state index contributed by atoms with van der Waals surface area (Å²) in [7, 11) is 4.28. The third-order valence-corrected chi connectivity index (χ3v) is 9.90. The van der Waals surface area contributed by atoms with Crippen molar-refractivity contribution in [3.05, 3.63) is 111 Å². The summed E-state index contributed by atoms with van der Waals surface area (Å²) >= 11 is 13.0. The van der Waals surface area contributed by atoms with Gasteiger partial charge >= 0.3 is 6.55 Å². The molecule has 0 aliphatic heterocycles. The van der Waals surface area contributed by atoms with Crippen LogP contribution in [0.1, 0.15) is 63.7 Å². The number of benzene rings is 2. The zero-order valence-electron chi connectivity index (χ0n) is 33.6. The molecule has 21 heteroatoms. The van der Waals surface area contributed by atoms with Crippen LogP contribution in [0.15, 0.2) is 77.1 Å². The van der Waals surface area contributed by atoms with Crippen LogP contribution in [-0.2, 0) is 25.8 Å². The number of guanidine groups is 1. The molecule has 5 aromatic rings. The lowest BCUT2D eigenvalue weighted by Crippen LogP contribution is -2.25. The van der Waals surface area contributed by atoms with Gasteiger partial charge in [-0.15, -0.1) is 0 Å². The first-order chi connectivity index (χ1) is 29.3. The van der Waals surface area contributed by atoms with Gasteiger partial charge in [0.05, 0.1) is 59.8 Å². The number of aliphatic imine (C=N–C) groups is 2. The van der Waals surface area contributed by atoms with E-state index < -0.39 is 18.3 Å². The minimum atomic E-state index is -2.77. The van der Waals surface area contributed by atoms with Crippen LogP contribution < -0.4 is 30.7 Å². The molecular formula is C40H43Cl2F3N12O4. The average Bonchev–Trinajstić information content (AvgIpc) is 3.93. The second-order valence-electron chi connectivity index (χ2n) is 13.3. The number of hydrogen-bond acceptors (Lipinski definition) is 10. The number of alkyl halides is 2. The van der Waals surface area contributed by atoms with E-state index in [4.69, 9.17) is 32.7 Å². The number of aryl methyl sites for hydroxylation is 3. The van der Waals surface area contributed by atoms with Crippen LogP contribution in [0, 0.1) is 5.82 Å². The van der Waals surface area contributed by atoms with E-state index in [1.807, 2.05) is 6.92 Å². The van der Waals surface area contributed by atoms with Gasteiger partial charge < -0.3 is 30.7 Å². The Labute approximate surface area is 359 Å². The SMILES string of the molecule is C=N/C(=N\C=C(/C)CCc1cc(C(=O)NCCCn2cc(Nc3ncc(CCc4c(F)c(C(=O)NC)cc(OC)c4Cl)cn3)cn2)cc(OC)c1Cl)Nc1cnn(C(F)F)c1. The van der Waals surface area contributed by atoms with Gasteiger partial charge in [-0.2, -0.15) is 19.0 Å². The molecule has 2 amide bonds. The van der Waals surface area contributed by atoms with Gasteiger partial charge in [-0.25, -0.2) is 29.0 Å². The van der Waals surface area contributed by atoms with Crippen molar-refractivity contribution in [1.82, 2.24) is 40.2 Å². The molecule has 0 radical (unpaired) electrons. The summed E-state index contributed by atoms with van der Waals surface area (Å²) < 4.78 is 53.8. The Morgan fingerprint density at radius 3 is 2.34 bits per heavy atom. The van der Waals surface area contributed by atoms with Crippen LogP contribution in [0.2, 0.25) is 10.0 Å². The fourth-order valence-electron chi connectivity index (χ4n) is 5.81. The first-order valence-electron chi connectivity index (χ1n) is 18.6. The predicted molar refractivity (Wildman–Crippen MR) is 227 cm³/mol. The summed E-state index contributed by atoms with van der Waals surface area (Å²) in [5, 5.41) is 19.6. The number of nitrogens with zero attached hydrogens (tertiary/aromatic N) is 8. The minimum absolute atomic E-state index is 0.0969. The minimum Gasteiger partial charge on any atom is -0.495 e. The standard InChI is InChI=1S/C40H43Cl2F3N12O4/c1-23(16-49-39(47-3)54-28-20-53-57(22-28)38(44)45)7-9-25-13-26(14-31(60-4)33(25)41)36(58)48-11-6-12-56-21-27(19-52-56)55-40-50-17-24(18-51-40)8-10-29-34(42)32(61-5)15-30(35(29)43)37(59)46-2/h13-22,38H,3,6-12H2,1-2,4-5H3,(H,46,59)(H,48,58)(H,49,54)(H,50,51,55)/b23-16+. The van der Waals surface area contributed by atoms with Crippen molar-refractivity contribution in [3.63, 3.8) is 0 Å². The smallest absolute Gasteiger partial charge is 0.333 e. The molecule has 0 saturated heterocycles. The van der Waals surface area contributed by atoms with Gasteiger partial charge in [0, 0.05) is 56.1 Å². The molecule has 3 aromatic heterocycles. The Hall–Kier alpha value is -6.47. The molecule has 0 aliphatic carbocycles. The number of amides is 2. The van der Waals surface area contributed by atoms with E-state index in [2.05, 4.69) is 58.1 Å². The van der Waals surface area contributed by atoms with Crippen LogP contribution >= 0.6 is 23.2 Å². The maximum atomic E-state index is 15.2. The molecule has 0 fully saturated rings. The van der Waals surface area contributed by atoms with Gasteiger partial charge in [0.1, 0.15) is 17.3 Å². The zero-order valence-corrected chi connectivity index (χ0v) is 35.1. The highest BCUT2D eigenvalue weighted by Gasteiger charge is 2.22. The van der Waals surface area contributed by atoms with Gasteiger partial charge in [0.15, 0.2) is 0 Å². The van der Waals surface area contributed by atoms with Gasteiger partial charge in [0.25, 0.3) is 11.8 Å². The lowest BCUT2D eigenvalue weighted by molar-refractivity contribution is 0.0566. The van der Waals surface area contributed by atoms with Crippen molar-refractivity contribution in [2.75, 3.05) is 38.4 Å². The number of ether oxygens (including phenoxy) is 2. The first-order valence-corrected chi connectivity index (χ1v) is 19.4. The highest BCUT2D eigenvalue weighted by molar-refractivity contribution is 6.33. The molecular weight excluding hydrogens is 840 g/mol. The van der Waals surface area contributed by atoms with E-state index in [9.17, 15) is 18.4 Å². The van der Waals surface area contributed by atoms with E-state index in [1.54, 1.807) is 47.8 Å². The predicted octanol–water partition coefficient (Wildman–Crippen LogP) is 7.44. The number of anilines is 3. The maximum Gasteiger partial charge on any atom is 0.333 e. The van der Waals surface area contributed by atoms with Gasteiger partial charge in [-0.3, -0.25) is 14.3 Å². The molecule has 0 saturated carbocycles. The number of aromatic nitrogens is 6. The van der Waals surface area contributed by atoms with Gasteiger partial charge in [-0.05, 0) is 75.1 Å². The van der Waals surface area contributed by atoms with Crippen molar-refractivity contribution >= 4 is 65.0 Å². The van der Waals surface area contributed by atoms with Crippen LogP contribution in [0.25, 0.3) is 0 Å². The topological polar surface area (TPSA) is 187 Å². The van der Waals surface area contributed by atoms with Crippen LogP contribution in [0.5, 0.6) is 11.5 Å². The summed E-state index contributed by atoms with van der Waals surface area (Å²) in [5.41, 5.74) is 3.57. The molecule has 0 aliphatic rings. The van der Waals surface area contributed by atoms with E-state index in [0.717, 1.165) is 17.3 Å². The monoisotopic (exact) mass is 882 g/mol. The third kappa shape index (κ3) is 12.3. The average molecular weight is 884 g/mol. The molecule has 0 bridgehead atoms. The molecule has 4 N–H and O–H groups in total. The van der Waals surface area contributed by atoms with Crippen molar-refractivity contribution in [2.45, 2.75) is 52.1 Å². The fraction of sp³-hybridized carbons (Fsp3) is 0.300. The number of nitrogens with one attached hydrogen (secondary N) is 4. The number of allylic oxidation sites excluding steroid dienone is 1. The highest BCUT2D eigenvalue weighted by atomic mass is 35.5. The second kappa shape index (κ2) is 21.7. The molecule has 16 nitrogen and oxygen atoms in total. The molecule has 0 atom stereocenters. The van der Waals surface area contributed by atoms with Crippen LogP contribution in [0.3, 0.4) is 0 Å². The van der Waals surface area contributed by atoms with Gasteiger partial charge in [0.2, 0.25) is 11.9 Å². The first kappa shape index (κ1) is 45.6. The van der Waals surface area contributed by atoms with E-state index in [-0.39, 0.29) is 45.9 Å². The van der Waals surface area contributed by atoms with E-state index in [0.29, 0.717) is 77.0 Å². The van der Waals surface area contributed by atoms with Crippen molar-refractivity contribution < 1.29 is 32.2 Å². The number of carbonyl (C=O) groups excluding carboxylic acids is 2. The Morgan fingerprint density at radius 1 is 0.951 bits per heavy atom. The normalized spacial score (nSPS) is 11.7. The largest absolute Gasteiger partial charge is 0.495 e. The van der Waals surface area contributed by atoms with E-state index in [1.165, 1.54) is 33.5 Å². The summed E-state index contributed by atoms with van der Waals surface area (Å²) in [6, 6.07) is 4.57. The Bertz CT molecular complexity index is 2400. The second-order valence-corrected chi connectivity index (χ2v) is 14.1. The fourth-order valence-corrected chi connectivity index (χ4v) is 6.40. The maximum absolute atomic E-state index is 15.2. The number of halogens is 5. The number of methoxy groups -OCH3 is 2. The van der Waals surface area contributed by atoms with Gasteiger partial charge in [-0.1, -0.05) is 28.8 Å². The Kier molecular flexibility index (Phi) is 16.2. The van der Waals surface area contributed by atoms with E-state index >= 15 is 4.39 Å². The lowest BCUT2D eigenvalue weighted by atomic mass is 10.0.